The van der Waals surface area contributed by atoms with Gasteiger partial charge in [0.25, 0.3) is 0 Å². The normalized spacial score (nSPS) is 22.9. The maximum atomic E-state index is 12.9. The van der Waals surface area contributed by atoms with Crippen LogP contribution in [-0.2, 0) is 16.0 Å². The van der Waals surface area contributed by atoms with E-state index in [-0.39, 0.29) is 17.9 Å². The molecule has 2 aliphatic rings. The van der Waals surface area contributed by atoms with E-state index >= 15 is 0 Å². The van der Waals surface area contributed by atoms with Gasteiger partial charge in [-0.25, -0.2) is 0 Å². The average Bonchev–Trinajstić information content (AvgIpc) is 3.28. The van der Waals surface area contributed by atoms with Gasteiger partial charge in [-0.1, -0.05) is 18.9 Å². The number of carbonyl (C=O) groups is 2. The van der Waals surface area contributed by atoms with Crippen LogP contribution in [0, 0.1) is 0 Å². The molecule has 148 valence electrons. The van der Waals surface area contributed by atoms with Crippen molar-refractivity contribution in [2.75, 3.05) is 20.8 Å². The van der Waals surface area contributed by atoms with Gasteiger partial charge in [0.15, 0.2) is 11.5 Å². The summed E-state index contributed by atoms with van der Waals surface area (Å²) in [6.07, 6.45) is 6.10. The molecule has 1 N–H and O–H groups in total. The van der Waals surface area contributed by atoms with Crippen LogP contribution in [0.1, 0.15) is 51.0 Å². The second-order valence-corrected chi connectivity index (χ2v) is 7.71. The molecule has 6 nitrogen and oxygen atoms in total. The van der Waals surface area contributed by atoms with Gasteiger partial charge < -0.3 is 19.7 Å². The topological polar surface area (TPSA) is 67.9 Å². The molecule has 0 aromatic heterocycles. The Morgan fingerprint density at radius 1 is 1.22 bits per heavy atom. The highest BCUT2D eigenvalue weighted by Gasteiger charge is 2.47. The molecule has 2 amide bonds. The smallest absolute Gasteiger partial charge is 0.245 e. The molecule has 0 radical (unpaired) electrons. The fraction of sp³-hybridized carbons (Fsp3) is 0.619. The number of carbonyl (C=O) groups excluding carboxylic acids is 2. The number of likely N-dealkylation sites (tertiary alicyclic amines) is 1. The molecule has 1 aliphatic carbocycles. The second kappa shape index (κ2) is 8.19. The Morgan fingerprint density at radius 3 is 2.59 bits per heavy atom. The highest BCUT2D eigenvalue weighted by Crippen LogP contribution is 2.32. The fourth-order valence-corrected chi connectivity index (χ4v) is 4.19. The van der Waals surface area contributed by atoms with Crippen molar-refractivity contribution in [1.82, 2.24) is 10.2 Å². The Hall–Kier alpha value is -2.24. The number of benzene rings is 1. The number of nitrogens with one attached hydrogen (secondary N) is 1. The zero-order valence-electron chi connectivity index (χ0n) is 16.5. The number of methoxy groups -OCH3 is 2. The summed E-state index contributed by atoms with van der Waals surface area (Å²) in [5.74, 6) is 1.40. The third-order valence-electron chi connectivity index (χ3n) is 5.97. The van der Waals surface area contributed by atoms with Crippen LogP contribution >= 0.6 is 0 Å². The first-order chi connectivity index (χ1) is 13.0. The summed E-state index contributed by atoms with van der Waals surface area (Å²) in [5.41, 5.74) is 0.293. The van der Waals surface area contributed by atoms with E-state index in [1.165, 1.54) is 12.8 Å². The quantitative estimate of drug-likeness (QED) is 0.797. The summed E-state index contributed by atoms with van der Waals surface area (Å²) < 4.78 is 10.6. The van der Waals surface area contributed by atoms with Gasteiger partial charge in [-0.05, 0) is 50.3 Å². The lowest BCUT2D eigenvalue weighted by Gasteiger charge is -2.35. The molecule has 6 heteroatoms. The lowest BCUT2D eigenvalue weighted by atomic mass is 9.96. The largest absolute Gasteiger partial charge is 0.493 e. The van der Waals surface area contributed by atoms with Crippen LogP contribution in [0.3, 0.4) is 0 Å². The summed E-state index contributed by atoms with van der Waals surface area (Å²) in [6.45, 7) is 2.42. The van der Waals surface area contributed by atoms with E-state index in [0.717, 1.165) is 18.4 Å². The van der Waals surface area contributed by atoms with Gasteiger partial charge in [-0.2, -0.15) is 0 Å². The SMILES string of the molecule is COc1ccc(CCN2C(=O)CC[C@]2(C)C(=O)NC2CCCC2)cc1OC. The molecule has 1 aromatic carbocycles. The van der Waals surface area contributed by atoms with Crippen molar-refractivity contribution < 1.29 is 19.1 Å². The first-order valence-corrected chi connectivity index (χ1v) is 9.80. The summed E-state index contributed by atoms with van der Waals surface area (Å²) in [7, 11) is 3.21. The van der Waals surface area contributed by atoms with Crippen LogP contribution in [0.15, 0.2) is 18.2 Å². The number of amides is 2. The summed E-state index contributed by atoms with van der Waals surface area (Å²) in [4.78, 5) is 27.2. The average molecular weight is 374 g/mol. The molecule has 0 spiro atoms. The maximum absolute atomic E-state index is 12.9. The Balaban J connectivity index is 1.68. The van der Waals surface area contributed by atoms with Crippen molar-refractivity contribution in [2.45, 2.75) is 63.5 Å². The predicted molar refractivity (Wildman–Crippen MR) is 103 cm³/mol. The Bertz CT molecular complexity index is 699. The molecule has 1 saturated heterocycles. The molecule has 2 fully saturated rings. The van der Waals surface area contributed by atoms with Crippen molar-refractivity contribution in [3.63, 3.8) is 0 Å². The van der Waals surface area contributed by atoms with Gasteiger partial charge in [0.1, 0.15) is 5.54 Å². The van der Waals surface area contributed by atoms with Crippen LogP contribution in [-0.4, -0.2) is 49.1 Å². The summed E-state index contributed by atoms with van der Waals surface area (Å²) in [6, 6.07) is 6.02. The predicted octanol–water partition coefficient (Wildman–Crippen LogP) is 2.69. The Kier molecular flexibility index (Phi) is 5.92. The minimum Gasteiger partial charge on any atom is -0.493 e. The van der Waals surface area contributed by atoms with E-state index in [1.54, 1.807) is 19.1 Å². The molecule has 1 heterocycles. The zero-order valence-corrected chi connectivity index (χ0v) is 16.5. The standard InChI is InChI=1S/C21H30N2O4/c1-21(20(25)22-16-6-4-5-7-16)12-10-19(24)23(21)13-11-15-8-9-17(26-2)18(14-15)27-3/h8-9,14,16H,4-7,10-13H2,1-3H3,(H,22,25)/t21-/m1/s1. The van der Waals surface area contributed by atoms with Crippen molar-refractivity contribution in [3.8, 4) is 11.5 Å². The molecular formula is C21H30N2O4. The number of hydrogen-bond acceptors (Lipinski definition) is 4. The summed E-state index contributed by atoms with van der Waals surface area (Å²) in [5, 5.41) is 3.17. The van der Waals surface area contributed by atoms with E-state index in [9.17, 15) is 9.59 Å². The molecule has 3 rings (SSSR count). The highest BCUT2D eigenvalue weighted by atomic mass is 16.5. The number of ether oxygens (including phenoxy) is 2. The zero-order chi connectivity index (χ0) is 19.4. The number of nitrogens with zero attached hydrogens (tertiary/aromatic N) is 1. The van der Waals surface area contributed by atoms with Crippen LogP contribution in [0.2, 0.25) is 0 Å². The minimum atomic E-state index is -0.754. The summed E-state index contributed by atoms with van der Waals surface area (Å²) >= 11 is 0. The van der Waals surface area contributed by atoms with E-state index in [1.807, 2.05) is 25.1 Å². The van der Waals surface area contributed by atoms with Gasteiger partial charge in [0.2, 0.25) is 11.8 Å². The number of rotatable bonds is 7. The van der Waals surface area contributed by atoms with E-state index in [0.29, 0.717) is 37.3 Å². The molecule has 1 atom stereocenters. The van der Waals surface area contributed by atoms with Crippen molar-refractivity contribution in [2.24, 2.45) is 0 Å². The lowest BCUT2D eigenvalue weighted by molar-refractivity contribution is -0.140. The Labute approximate surface area is 161 Å². The molecule has 27 heavy (non-hydrogen) atoms. The van der Waals surface area contributed by atoms with Gasteiger partial charge >= 0.3 is 0 Å². The van der Waals surface area contributed by atoms with Gasteiger partial charge in [-0.3, -0.25) is 9.59 Å². The highest BCUT2D eigenvalue weighted by molar-refractivity contribution is 5.94. The molecule has 1 aliphatic heterocycles. The molecular weight excluding hydrogens is 344 g/mol. The number of hydrogen-bond donors (Lipinski definition) is 1. The molecule has 0 bridgehead atoms. The van der Waals surface area contributed by atoms with E-state index < -0.39 is 5.54 Å². The lowest BCUT2D eigenvalue weighted by Crippen LogP contribution is -2.56. The van der Waals surface area contributed by atoms with Crippen LogP contribution in [0.4, 0.5) is 0 Å². The Morgan fingerprint density at radius 2 is 1.93 bits per heavy atom. The van der Waals surface area contributed by atoms with Crippen LogP contribution < -0.4 is 14.8 Å². The molecule has 0 unspecified atom stereocenters. The van der Waals surface area contributed by atoms with Gasteiger partial charge in [0.05, 0.1) is 14.2 Å². The monoisotopic (exact) mass is 374 g/mol. The van der Waals surface area contributed by atoms with E-state index in [4.69, 9.17) is 9.47 Å². The molecule has 1 aromatic rings. The van der Waals surface area contributed by atoms with Crippen molar-refractivity contribution in [3.05, 3.63) is 23.8 Å². The fourth-order valence-electron chi connectivity index (χ4n) is 4.19. The molecule has 1 saturated carbocycles. The maximum Gasteiger partial charge on any atom is 0.245 e. The van der Waals surface area contributed by atoms with Gasteiger partial charge in [0, 0.05) is 19.0 Å². The second-order valence-electron chi connectivity index (χ2n) is 7.71. The minimum absolute atomic E-state index is 0.00689. The van der Waals surface area contributed by atoms with Crippen LogP contribution in [0.5, 0.6) is 11.5 Å². The third-order valence-corrected chi connectivity index (χ3v) is 5.97. The van der Waals surface area contributed by atoms with Crippen molar-refractivity contribution in [1.29, 1.82) is 0 Å². The van der Waals surface area contributed by atoms with E-state index in [2.05, 4.69) is 5.32 Å². The van der Waals surface area contributed by atoms with Gasteiger partial charge in [-0.15, -0.1) is 0 Å². The third kappa shape index (κ3) is 4.04. The van der Waals surface area contributed by atoms with Crippen molar-refractivity contribution >= 4 is 11.8 Å². The van der Waals surface area contributed by atoms with Crippen LogP contribution in [0.25, 0.3) is 0 Å². The first-order valence-electron chi connectivity index (χ1n) is 9.80. The first kappa shape index (κ1) is 19.5.